The van der Waals surface area contributed by atoms with Gasteiger partial charge in [0, 0.05) is 34.2 Å². The minimum atomic E-state index is -0.401. The number of anilines is 1. The number of nitro groups is 1. The molecule has 3 aromatic rings. The Hall–Kier alpha value is -4.13. The van der Waals surface area contributed by atoms with Crippen LogP contribution in [0.5, 0.6) is 0 Å². The fourth-order valence-electron chi connectivity index (χ4n) is 4.65. The van der Waals surface area contributed by atoms with E-state index in [0.717, 1.165) is 39.1 Å². The van der Waals surface area contributed by atoms with E-state index in [0.29, 0.717) is 12.4 Å². The average Bonchev–Trinajstić information content (AvgIpc) is 3.48. The molecule has 1 saturated heterocycles. The summed E-state index contributed by atoms with van der Waals surface area (Å²) in [7, 11) is 0. The second-order valence-corrected chi connectivity index (χ2v) is 11.6. The molecule has 2 aromatic carbocycles. The first-order valence-electron chi connectivity index (χ1n) is 12.4. The molecule has 0 N–H and O–H groups in total. The van der Waals surface area contributed by atoms with Gasteiger partial charge in [-0.1, -0.05) is 59.7 Å². The summed E-state index contributed by atoms with van der Waals surface area (Å²) in [4.78, 5) is 24.3. The molecule has 0 atom stereocenters. The van der Waals surface area contributed by atoms with Gasteiger partial charge in [0.2, 0.25) is 0 Å². The van der Waals surface area contributed by atoms with Gasteiger partial charge >= 0.3 is 0 Å². The standard InChI is InChI=1S/C30H31N3O4/c1-29(2,3)23-15-20(16-24(28(23)34)30(4,5)6)27(26-17-19-9-7-8-10-25(19)37-26)32-18-31(32)21-11-13-22(14-12-21)33(35)36/h7-17H,18H2,1-6H3. The van der Waals surface area contributed by atoms with Gasteiger partial charge < -0.3 is 4.42 Å². The van der Waals surface area contributed by atoms with Crippen LogP contribution in [0, 0.1) is 20.9 Å². The molecule has 1 aliphatic heterocycles. The first-order valence-corrected chi connectivity index (χ1v) is 12.4. The van der Waals surface area contributed by atoms with Gasteiger partial charge in [-0.2, -0.15) is 0 Å². The van der Waals surface area contributed by atoms with E-state index in [2.05, 4.69) is 46.6 Å². The number of hydrogen-bond acceptors (Lipinski definition) is 6. The number of fused-ring (bicyclic) bond motifs is 1. The largest absolute Gasteiger partial charge is 0.454 e. The summed E-state index contributed by atoms with van der Waals surface area (Å²) >= 11 is 0. The van der Waals surface area contributed by atoms with E-state index in [4.69, 9.17) is 4.42 Å². The number of allylic oxidation sites excluding steroid dienone is 5. The number of nitrogens with zero attached hydrogens (tertiary/aromatic N) is 3. The minimum absolute atomic E-state index is 0.0503. The Morgan fingerprint density at radius 1 is 0.919 bits per heavy atom. The van der Waals surface area contributed by atoms with Gasteiger partial charge in [-0.25, -0.2) is 0 Å². The minimum Gasteiger partial charge on any atom is -0.454 e. The lowest BCUT2D eigenvalue weighted by atomic mass is 9.71. The highest BCUT2D eigenvalue weighted by Gasteiger charge is 2.40. The van der Waals surface area contributed by atoms with E-state index in [9.17, 15) is 14.9 Å². The Balaban J connectivity index is 1.69. The van der Waals surface area contributed by atoms with Crippen LogP contribution in [-0.2, 0) is 4.79 Å². The number of Topliss-reactive ketones (excluding diaryl/α,β-unsaturated/α-hetero) is 1. The van der Waals surface area contributed by atoms with Crippen LogP contribution in [0.4, 0.5) is 11.4 Å². The van der Waals surface area contributed by atoms with Crippen molar-refractivity contribution in [2.24, 2.45) is 10.8 Å². The van der Waals surface area contributed by atoms with Crippen LogP contribution in [0.3, 0.4) is 0 Å². The lowest BCUT2D eigenvalue weighted by Crippen LogP contribution is -2.28. The fourth-order valence-corrected chi connectivity index (χ4v) is 4.65. The van der Waals surface area contributed by atoms with Gasteiger partial charge in [0.05, 0.1) is 10.6 Å². The molecule has 7 nitrogen and oxygen atoms in total. The third kappa shape index (κ3) is 4.57. The van der Waals surface area contributed by atoms with Crippen molar-refractivity contribution in [1.82, 2.24) is 5.01 Å². The quantitative estimate of drug-likeness (QED) is 0.214. The first kappa shape index (κ1) is 24.6. The van der Waals surface area contributed by atoms with E-state index < -0.39 is 4.92 Å². The van der Waals surface area contributed by atoms with Crippen LogP contribution in [0.25, 0.3) is 16.7 Å². The van der Waals surface area contributed by atoms with Crippen molar-refractivity contribution in [2.75, 3.05) is 11.7 Å². The molecule has 5 rings (SSSR count). The van der Waals surface area contributed by atoms with Crippen LogP contribution in [-0.4, -0.2) is 22.4 Å². The third-order valence-electron chi connectivity index (χ3n) is 6.73. The van der Waals surface area contributed by atoms with Crippen LogP contribution in [0.1, 0.15) is 47.3 Å². The predicted octanol–water partition coefficient (Wildman–Crippen LogP) is 7.27. The Labute approximate surface area is 216 Å². The monoisotopic (exact) mass is 497 g/mol. The number of non-ortho nitro benzene ring substituents is 1. The number of carbonyl (C=O) groups is 1. The Bertz CT molecular complexity index is 1440. The lowest BCUT2D eigenvalue weighted by Gasteiger charge is -2.32. The van der Waals surface area contributed by atoms with Gasteiger partial charge in [-0.3, -0.25) is 24.9 Å². The fraction of sp³-hybridized carbons (Fsp3) is 0.300. The summed E-state index contributed by atoms with van der Waals surface area (Å²) < 4.78 is 6.33. The molecule has 7 heteroatoms. The normalized spacial score (nSPS) is 16.2. The molecule has 190 valence electrons. The molecule has 0 bridgehead atoms. The predicted molar refractivity (Wildman–Crippen MR) is 145 cm³/mol. The Kier molecular flexibility index (Phi) is 5.62. The van der Waals surface area contributed by atoms with Gasteiger partial charge in [0.15, 0.2) is 11.5 Å². The highest BCUT2D eigenvalue weighted by molar-refractivity contribution is 6.12. The highest BCUT2D eigenvalue weighted by Crippen LogP contribution is 2.44. The van der Waals surface area contributed by atoms with Gasteiger partial charge in [-0.15, -0.1) is 0 Å². The first-order chi connectivity index (χ1) is 17.3. The van der Waals surface area contributed by atoms with Gasteiger partial charge in [-0.05, 0) is 47.2 Å². The number of ketones is 1. The molecular formula is C30H31N3O4. The zero-order valence-corrected chi connectivity index (χ0v) is 22.0. The van der Waals surface area contributed by atoms with Crippen molar-refractivity contribution >= 4 is 33.8 Å². The second kappa shape index (κ2) is 8.47. The van der Waals surface area contributed by atoms with Crippen LogP contribution in [0.15, 0.2) is 87.9 Å². The summed E-state index contributed by atoms with van der Waals surface area (Å²) in [5.41, 5.74) is 4.25. The van der Waals surface area contributed by atoms with Crippen LogP contribution in [0.2, 0.25) is 0 Å². The third-order valence-corrected chi connectivity index (χ3v) is 6.73. The van der Waals surface area contributed by atoms with Crippen molar-refractivity contribution in [2.45, 2.75) is 41.5 Å². The van der Waals surface area contributed by atoms with Crippen molar-refractivity contribution in [1.29, 1.82) is 0 Å². The highest BCUT2D eigenvalue weighted by atomic mass is 16.6. The number of furan rings is 1. The summed E-state index contributed by atoms with van der Waals surface area (Å²) in [6.07, 6.45) is 3.98. The Morgan fingerprint density at radius 2 is 1.51 bits per heavy atom. The number of nitro benzene ring substituents is 1. The van der Waals surface area contributed by atoms with Crippen molar-refractivity contribution in [3.05, 3.63) is 99.3 Å². The smallest absolute Gasteiger partial charge is 0.269 e. The summed E-state index contributed by atoms with van der Waals surface area (Å²) in [6, 6.07) is 16.4. The number of benzene rings is 2. The molecule has 0 spiro atoms. The van der Waals surface area contributed by atoms with Crippen LogP contribution < -0.4 is 5.01 Å². The molecule has 0 unspecified atom stereocenters. The van der Waals surface area contributed by atoms with E-state index in [1.807, 2.05) is 47.5 Å². The summed E-state index contributed by atoms with van der Waals surface area (Å²) in [6.45, 7) is 12.9. The summed E-state index contributed by atoms with van der Waals surface area (Å²) in [5, 5.41) is 16.2. The number of para-hydroxylation sites is 1. The number of hydrogen-bond donors (Lipinski definition) is 0. The second-order valence-electron chi connectivity index (χ2n) is 11.6. The molecule has 1 fully saturated rings. The van der Waals surface area contributed by atoms with Crippen molar-refractivity contribution < 1.29 is 14.1 Å². The molecule has 0 amide bonds. The number of hydrazine groups is 1. The maximum atomic E-state index is 13.6. The molecule has 1 aliphatic carbocycles. The van der Waals surface area contributed by atoms with Gasteiger partial charge in [0.25, 0.3) is 5.69 Å². The number of rotatable bonds is 4. The molecule has 0 saturated carbocycles. The Morgan fingerprint density at radius 3 is 2.05 bits per heavy atom. The average molecular weight is 498 g/mol. The van der Waals surface area contributed by atoms with E-state index in [1.165, 1.54) is 12.1 Å². The SMILES string of the molecule is CC(C)(C)C1=CC(=C(c2cc3ccccc3o2)N2CN2c2ccc([N+](=O)[O-])cc2)C=C(C(C)(C)C)C1=O. The zero-order valence-electron chi connectivity index (χ0n) is 22.0. The number of carbonyl (C=O) groups excluding carboxylic acids is 1. The lowest BCUT2D eigenvalue weighted by molar-refractivity contribution is -0.384. The maximum Gasteiger partial charge on any atom is 0.269 e. The maximum absolute atomic E-state index is 13.6. The molecular weight excluding hydrogens is 466 g/mol. The van der Waals surface area contributed by atoms with Crippen molar-refractivity contribution in [3.8, 4) is 0 Å². The van der Waals surface area contributed by atoms with E-state index in [1.54, 1.807) is 12.1 Å². The zero-order chi connectivity index (χ0) is 26.7. The topological polar surface area (TPSA) is 79.4 Å². The molecule has 0 radical (unpaired) electrons. The van der Waals surface area contributed by atoms with Gasteiger partial charge in [0.1, 0.15) is 17.9 Å². The molecule has 37 heavy (non-hydrogen) atoms. The van der Waals surface area contributed by atoms with E-state index in [-0.39, 0.29) is 22.3 Å². The van der Waals surface area contributed by atoms with Crippen molar-refractivity contribution in [3.63, 3.8) is 0 Å². The molecule has 1 aromatic heterocycles. The van der Waals surface area contributed by atoms with Crippen LogP contribution >= 0.6 is 0 Å². The molecule has 2 aliphatic rings. The van der Waals surface area contributed by atoms with E-state index >= 15 is 0 Å². The summed E-state index contributed by atoms with van der Waals surface area (Å²) in [5.74, 6) is 0.773. The molecule has 2 heterocycles.